The van der Waals surface area contributed by atoms with Gasteiger partial charge in [0, 0.05) is 12.4 Å². The summed E-state index contributed by atoms with van der Waals surface area (Å²) >= 11 is 0. The Balaban J connectivity index is 2.50. The molecule has 0 amide bonds. The molecule has 1 heterocycles. The largest absolute Gasteiger partial charge is 0.287 e. The van der Waals surface area contributed by atoms with Crippen LogP contribution in [-0.2, 0) is 0 Å². The summed E-state index contributed by atoms with van der Waals surface area (Å²) in [5.41, 5.74) is 0. The lowest BCUT2D eigenvalue weighted by molar-refractivity contribution is 1.24. The van der Waals surface area contributed by atoms with E-state index in [4.69, 9.17) is 0 Å². The van der Waals surface area contributed by atoms with E-state index in [-0.39, 0.29) is 0 Å². The fourth-order valence-electron chi connectivity index (χ4n) is 0.617. The van der Waals surface area contributed by atoms with Crippen LogP contribution in [-0.4, -0.2) is 25.5 Å². The molecule has 0 N–H and O–H groups in total. The lowest BCUT2D eigenvalue weighted by Gasteiger charge is -1.84. The lowest BCUT2D eigenvalue weighted by atomic mass is 10.4. The van der Waals surface area contributed by atoms with Crippen molar-refractivity contribution in [2.24, 2.45) is 9.98 Å². The standard InChI is InChI=1S/C8H10N2/c1-2-4-6-10-8-7-9-5-3-1/h1-4,7-8H,5-6H2/b3-1-,4-2-,9-7-,10-8-. The van der Waals surface area contributed by atoms with E-state index in [1.54, 1.807) is 12.4 Å². The van der Waals surface area contributed by atoms with Crippen molar-refractivity contribution in [2.75, 3.05) is 13.1 Å². The summed E-state index contributed by atoms with van der Waals surface area (Å²) in [5, 5.41) is 0. The van der Waals surface area contributed by atoms with Crippen LogP contribution in [0.4, 0.5) is 0 Å². The molecule has 0 atom stereocenters. The van der Waals surface area contributed by atoms with Gasteiger partial charge >= 0.3 is 0 Å². The first-order valence-electron chi connectivity index (χ1n) is 3.30. The van der Waals surface area contributed by atoms with Gasteiger partial charge in [0.15, 0.2) is 0 Å². The molecule has 10 heavy (non-hydrogen) atoms. The molecule has 1 aliphatic heterocycles. The maximum Gasteiger partial charge on any atom is 0.0573 e. The first-order chi connectivity index (χ1) is 5.00. The summed E-state index contributed by atoms with van der Waals surface area (Å²) < 4.78 is 0. The second kappa shape index (κ2) is 4.68. The van der Waals surface area contributed by atoms with E-state index in [0.717, 1.165) is 13.1 Å². The summed E-state index contributed by atoms with van der Waals surface area (Å²) in [6.45, 7) is 1.49. The van der Waals surface area contributed by atoms with E-state index in [1.807, 2.05) is 24.3 Å². The Bertz CT molecular complexity index is 145. The molecular formula is C8H10N2. The van der Waals surface area contributed by atoms with Crippen molar-refractivity contribution in [3.63, 3.8) is 0 Å². The van der Waals surface area contributed by atoms with Crippen LogP contribution in [0.25, 0.3) is 0 Å². The van der Waals surface area contributed by atoms with Crippen LogP contribution >= 0.6 is 0 Å². The first-order valence-corrected chi connectivity index (χ1v) is 3.30. The third-order valence-electron chi connectivity index (χ3n) is 1.08. The Morgan fingerprint density at radius 2 is 1.30 bits per heavy atom. The van der Waals surface area contributed by atoms with Crippen molar-refractivity contribution >= 4 is 12.4 Å². The van der Waals surface area contributed by atoms with Gasteiger partial charge in [-0.3, -0.25) is 9.98 Å². The van der Waals surface area contributed by atoms with Crippen LogP contribution in [0.1, 0.15) is 0 Å². The molecule has 52 valence electrons. The van der Waals surface area contributed by atoms with Gasteiger partial charge in [-0.2, -0.15) is 0 Å². The van der Waals surface area contributed by atoms with Crippen LogP contribution in [0.5, 0.6) is 0 Å². The fraction of sp³-hybridized carbons (Fsp3) is 0.250. The van der Waals surface area contributed by atoms with Gasteiger partial charge in [-0.1, -0.05) is 24.3 Å². The summed E-state index contributed by atoms with van der Waals surface area (Å²) in [6.07, 6.45) is 11.4. The summed E-state index contributed by atoms with van der Waals surface area (Å²) in [4.78, 5) is 8.07. The molecule has 1 rings (SSSR count). The number of nitrogens with zero attached hydrogens (tertiary/aromatic N) is 2. The zero-order valence-electron chi connectivity index (χ0n) is 5.77. The van der Waals surface area contributed by atoms with E-state index in [2.05, 4.69) is 9.98 Å². The van der Waals surface area contributed by atoms with Crippen molar-refractivity contribution in [3.05, 3.63) is 24.3 Å². The molecule has 0 unspecified atom stereocenters. The molecule has 0 bridgehead atoms. The highest BCUT2D eigenvalue weighted by Crippen LogP contribution is 1.81. The first kappa shape index (κ1) is 6.93. The van der Waals surface area contributed by atoms with Crippen LogP contribution in [0.15, 0.2) is 34.3 Å². The van der Waals surface area contributed by atoms with Crippen molar-refractivity contribution in [1.29, 1.82) is 0 Å². The minimum Gasteiger partial charge on any atom is -0.287 e. The van der Waals surface area contributed by atoms with Crippen LogP contribution in [0, 0.1) is 0 Å². The quantitative estimate of drug-likeness (QED) is 0.476. The van der Waals surface area contributed by atoms with Gasteiger partial charge < -0.3 is 0 Å². The molecule has 0 radical (unpaired) electrons. The van der Waals surface area contributed by atoms with Crippen molar-refractivity contribution in [1.82, 2.24) is 0 Å². The smallest absolute Gasteiger partial charge is 0.0573 e. The maximum atomic E-state index is 4.04. The molecular weight excluding hydrogens is 124 g/mol. The Morgan fingerprint density at radius 3 is 1.80 bits per heavy atom. The molecule has 2 nitrogen and oxygen atoms in total. The van der Waals surface area contributed by atoms with Crippen LogP contribution < -0.4 is 0 Å². The van der Waals surface area contributed by atoms with Gasteiger partial charge in [-0.15, -0.1) is 0 Å². The SMILES string of the molecule is C1=C\C/N=C\C=N/C\C=C/1. The predicted molar refractivity (Wildman–Crippen MR) is 45.0 cm³/mol. The van der Waals surface area contributed by atoms with Crippen molar-refractivity contribution < 1.29 is 0 Å². The predicted octanol–water partition coefficient (Wildman–Crippen LogP) is 1.25. The second-order valence-electron chi connectivity index (χ2n) is 1.88. The molecule has 0 fully saturated rings. The maximum absolute atomic E-state index is 4.04. The van der Waals surface area contributed by atoms with Crippen molar-refractivity contribution in [3.8, 4) is 0 Å². The molecule has 0 saturated heterocycles. The van der Waals surface area contributed by atoms with Gasteiger partial charge in [0.05, 0.1) is 13.1 Å². The number of allylic oxidation sites excluding steroid dienone is 2. The van der Waals surface area contributed by atoms with E-state index in [9.17, 15) is 0 Å². The molecule has 0 aromatic heterocycles. The average molecular weight is 134 g/mol. The van der Waals surface area contributed by atoms with Gasteiger partial charge in [0.2, 0.25) is 0 Å². The third-order valence-corrected chi connectivity index (χ3v) is 1.08. The van der Waals surface area contributed by atoms with E-state index < -0.39 is 0 Å². The van der Waals surface area contributed by atoms with Crippen LogP contribution in [0.2, 0.25) is 0 Å². The summed E-state index contributed by atoms with van der Waals surface area (Å²) in [6, 6.07) is 0. The number of aliphatic imine (C=N–C) groups is 2. The van der Waals surface area contributed by atoms with Gasteiger partial charge in [-0.25, -0.2) is 0 Å². The van der Waals surface area contributed by atoms with Gasteiger partial charge in [-0.05, 0) is 0 Å². The normalized spacial score (nSPS) is 30.4. The highest BCUT2D eigenvalue weighted by Gasteiger charge is 1.73. The fourth-order valence-corrected chi connectivity index (χ4v) is 0.617. The second-order valence-corrected chi connectivity index (χ2v) is 1.88. The number of hydrogen-bond acceptors (Lipinski definition) is 2. The molecule has 0 saturated carbocycles. The van der Waals surface area contributed by atoms with Crippen LogP contribution in [0.3, 0.4) is 0 Å². The molecule has 2 heteroatoms. The highest BCUT2D eigenvalue weighted by atomic mass is 14.7. The Hall–Kier alpha value is -1.18. The molecule has 0 aliphatic carbocycles. The highest BCUT2D eigenvalue weighted by molar-refractivity contribution is 6.16. The minimum atomic E-state index is 0.746. The molecule has 0 aromatic carbocycles. The lowest BCUT2D eigenvalue weighted by Crippen LogP contribution is -1.82. The molecule has 1 aliphatic rings. The number of rotatable bonds is 0. The van der Waals surface area contributed by atoms with E-state index in [1.165, 1.54) is 0 Å². The summed E-state index contributed by atoms with van der Waals surface area (Å²) in [7, 11) is 0. The monoisotopic (exact) mass is 134 g/mol. The Labute approximate surface area is 60.7 Å². The van der Waals surface area contributed by atoms with E-state index in [0.29, 0.717) is 0 Å². The van der Waals surface area contributed by atoms with Gasteiger partial charge in [0.25, 0.3) is 0 Å². The zero-order valence-corrected chi connectivity index (χ0v) is 5.77. The number of hydrogen-bond donors (Lipinski definition) is 0. The Morgan fingerprint density at radius 1 is 0.800 bits per heavy atom. The third kappa shape index (κ3) is 2.97. The van der Waals surface area contributed by atoms with Crippen molar-refractivity contribution in [2.45, 2.75) is 0 Å². The average Bonchev–Trinajstić information content (AvgIpc) is 2.01. The van der Waals surface area contributed by atoms with E-state index >= 15 is 0 Å². The Kier molecular flexibility index (Phi) is 3.24. The zero-order chi connectivity index (χ0) is 7.07. The molecule has 0 aromatic rings. The topological polar surface area (TPSA) is 24.7 Å². The van der Waals surface area contributed by atoms with Gasteiger partial charge in [0.1, 0.15) is 0 Å². The minimum absolute atomic E-state index is 0.746. The molecule has 0 spiro atoms. The summed E-state index contributed by atoms with van der Waals surface area (Å²) in [5.74, 6) is 0.